The van der Waals surface area contributed by atoms with Crippen molar-refractivity contribution < 1.29 is 8.42 Å². The molecule has 1 aromatic heterocycles. The highest BCUT2D eigenvalue weighted by atomic mass is 79.9. The summed E-state index contributed by atoms with van der Waals surface area (Å²) in [6.45, 7) is 0. The van der Waals surface area contributed by atoms with Crippen molar-refractivity contribution in [2.45, 2.75) is 5.75 Å². The molecule has 0 aliphatic carbocycles. The molecule has 0 radical (unpaired) electrons. The van der Waals surface area contributed by atoms with Crippen molar-refractivity contribution in [3.05, 3.63) is 16.4 Å². The first-order chi connectivity index (χ1) is 5.94. The summed E-state index contributed by atoms with van der Waals surface area (Å²) in [6.07, 6.45) is 0. The van der Waals surface area contributed by atoms with Gasteiger partial charge in [0.2, 0.25) is 10.0 Å². The van der Waals surface area contributed by atoms with Gasteiger partial charge in [-0.3, -0.25) is 4.68 Å². The monoisotopic (exact) mass is 267 g/mol. The Labute approximate surface area is 85.3 Å². The van der Waals surface area contributed by atoms with Crippen molar-refractivity contribution in [2.24, 2.45) is 7.05 Å². The van der Waals surface area contributed by atoms with Crippen LogP contribution in [-0.4, -0.2) is 25.2 Å². The highest BCUT2D eigenvalue weighted by Gasteiger charge is 2.12. The molecular weight excluding hydrogens is 258 g/mol. The molecule has 0 fully saturated rings. The van der Waals surface area contributed by atoms with E-state index in [4.69, 9.17) is 0 Å². The Morgan fingerprint density at radius 1 is 1.69 bits per heavy atom. The maximum Gasteiger partial charge on any atom is 0.217 e. The van der Waals surface area contributed by atoms with Crippen LogP contribution in [0.25, 0.3) is 0 Å². The predicted molar refractivity (Wildman–Crippen MR) is 52.6 cm³/mol. The van der Waals surface area contributed by atoms with Crippen LogP contribution in [0.2, 0.25) is 0 Å². The van der Waals surface area contributed by atoms with E-state index >= 15 is 0 Å². The molecule has 0 bridgehead atoms. The van der Waals surface area contributed by atoms with Gasteiger partial charge >= 0.3 is 0 Å². The fourth-order valence-corrected chi connectivity index (χ4v) is 2.18. The molecule has 0 aromatic carbocycles. The highest BCUT2D eigenvalue weighted by molar-refractivity contribution is 9.10. The minimum Gasteiger partial charge on any atom is -0.270 e. The molecule has 1 heterocycles. The minimum atomic E-state index is -3.21. The molecule has 0 aliphatic heterocycles. The Bertz CT molecular complexity index is 398. The van der Waals surface area contributed by atoms with E-state index in [0.717, 1.165) is 0 Å². The molecule has 74 valence electrons. The SMILES string of the molecule is CNS(=O)(=O)Cc1cc(Br)nn1C. The fourth-order valence-electron chi connectivity index (χ4n) is 0.869. The highest BCUT2D eigenvalue weighted by Crippen LogP contribution is 2.11. The van der Waals surface area contributed by atoms with Crippen molar-refractivity contribution in [3.63, 3.8) is 0 Å². The zero-order chi connectivity index (χ0) is 10.1. The lowest BCUT2D eigenvalue weighted by atomic mass is 10.5. The third-order valence-electron chi connectivity index (χ3n) is 1.60. The van der Waals surface area contributed by atoms with E-state index in [1.165, 1.54) is 11.7 Å². The topological polar surface area (TPSA) is 64.0 Å². The van der Waals surface area contributed by atoms with Crippen molar-refractivity contribution >= 4 is 26.0 Å². The summed E-state index contributed by atoms with van der Waals surface area (Å²) in [4.78, 5) is 0. The van der Waals surface area contributed by atoms with E-state index in [1.807, 2.05) is 0 Å². The Morgan fingerprint density at radius 2 is 2.31 bits per heavy atom. The molecule has 0 amide bonds. The smallest absolute Gasteiger partial charge is 0.217 e. The number of rotatable bonds is 3. The molecule has 5 nitrogen and oxygen atoms in total. The number of halogens is 1. The number of hydrogen-bond acceptors (Lipinski definition) is 3. The van der Waals surface area contributed by atoms with Gasteiger partial charge in [0, 0.05) is 7.05 Å². The van der Waals surface area contributed by atoms with Gasteiger partial charge in [-0.1, -0.05) is 0 Å². The van der Waals surface area contributed by atoms with Gasteiger partial charge in [-0.2, -0.15) is 5.10 Å². The maximum absolute atomic E-state index is 11.2. The zero-order valence-electron chi connectivity index (χ0n) is 7.28. The van der Waals surface area contributed by atoms with Crippen molar-refractivity contribution in [2.75, 3.05) is 7.05 Å². The molecule has 0 saturated carbocycles. The molecule has 0 aliphatic rings. The Morgan fingerprint density at radius 3 is 2.69 bits per heavy atom. The van der Waals surface area contributed by atoms with Gasteiger partial charge in [0.05, 0.1) is 5.69 Å². The first-order valence-electron chi connectivity index (χ1n) is 3.54. The van der Waals surface area contributed by atoms with Crippen LogP contribution in [0.5, 0.6) is 0 Å². The van der Waals surface area contributed by atoms with E-state index in [2.05, 4.69) is 25.8 Å². The largest absolute Gasteiger partial charge is 0.270 e. The zero-order valence-corrected chi connectivity index (χ0v) is 9.68. The molecule has 0 saturated heterocycles. The molecule has 1 aromatic rings. The van der Waals surface area contributed by atoms with Crippen LogP contribution >= 0.6 is 15.9 Å². The molecular formula is C6H10BrN3O2S. The Balaban J connectivity index is 2.92. The molecule has 13 heavy (non-hydrogen) atoms. The van der Waals surface area contributed by atoms with Crippen molar-refractivity contribution in [3.8, 4) is 0 Å². The molecule has 0 unspecified atom stereocenters. The maximum atomic E-state index is 11.2. The van der Waals surface area contributed by atoms with E-state index < -0.39 is 10.0 Å². The summed E-state index contributed by atoms with van der Waals surface area (Å²) >= 11 is 3.17. The molecule has 1 N–H and O–H groups in total. The van der Waals surface area contributed by atoms with E-state index in [0.29, 0.717) is 10.3 Å². The molecule has 0 atom stereocenters. The fraction of sp³-hybridized carbons (Fsp3) is 0.500. The van der Waals surface area contributed by atoms with Gasteiger partial charge in [-0.15, -0.1) is 0 Å². The third kappa shape index (κ3) is 2.78. The number of hydrogen-bond donors (Lipinski definition) is 1. The quantitative estimate of drug-likeness (QED) is 0.853. The summed E-state index contributed by atoms with van der Waals surface area (Å²) in [7, 11) is -0.124. The molecule has 7 heteroatoms. The molecule has 0 spiro atoms. The van der Waals surface area contributed by atoms with Crippen LogP contribution in [0, 0.1) is 0 Å². The van der Waals surface area contributed by atoms with Gasteiger partial charge in [0.15, 0.2) is 0 Å². The second kappa shape index (κ2) is 3.77. The lowest BCUT2D eigenvalue weighted by Gasteiger charge is -2.01. The van der Waals surface area contributed by atoms with Crippen LogP contribution in [0.1, 0.15) is 5.69 Å². The standard InChI is InChI=1S/C6H10BrN3O2S/c1-8-13(11,12)4-5-3-6(7)9-10(5)2/h3,8H,4H2,1-2H3. The van der Waals surface area contributed by atoms with Gasteiger partial charge in [-0.25, -0.2) is 13.1 Å². The van der Waals surface area contributed by atoms with Crippen LogP contribution in [-0.2, 0) is 22.8 Å². The second-order valence-corrected chi connectivity index (χ2v) is 5.28. The second-order valence-electron chi connectivity index (χ2n) is 2.55. The van der Waals surface area contributed by atoms with Gasteiger partial charge in [-0.05, 0) is 29.0 Å². The Kier molecular flexibility index (Phi) is 3.09. The summed E-state index contributed by atoms with van der Waals surface area (Å²) in [5.74, 6) is -0.0569. The first-order valence-corrected chi connectivity index (χ1v) is 5.99. The van der Waals surface area contributed by atoms with Crippen LogP contribution < -0.4 is 4.72 Å². The minimum absolute atomic E-state index is 0.0569. The number of nitrogens with one attached hydrogen (secondary N) is 1. The average molecular weight is 268 g/mol. The third-order valence-corrected chi connectivity index (χ3v) is 3.28. The van der Waals surface area contributed by atoms with Gasteiger partial charge < -0.3 is 0 Å². The normalized spacial score (nSPS) is 11.9. The van der Waals surface area contributed by atoms with Crippen LogP contribution in [0.15, 0.2) is 10.7 Å². The summed E-state index contributed by atoms with van der Waals surface area (Å²) in [5.41, 5.74) is 0.640. The van der Waals surface area contributed by atoms with Gasteiger partial charge in [0.25, 0.3) is 0 Å². The lowest BCUT2D eigenvalue weighted by Crippen LogP contribution is -2.21. The van der Waals surface area contributed by atoms with E-state index in [9.17, 15) is 8.42 Å². The summed E-state index contributed by atoms with van der Waals surface area (Å²) < 4.78 is 26.7. The lowest BCUT2D eigenvalue weighted by molar-refractivity contribution is 0.584. The number of aryl methyl sites for hydroxylation is 1. The summed E-state index contributed by atoms with van der Waals surface area (Å²) in [5, 5.41) is 3.97. The predicted octanol–water partition coefficient (Wildman–Crippen LogP) is 0.232. The van der Waals surface area contributed by atoms with E-state index in [1.54, 1.807) is 13.1 Å². The molecule has 1 rings (SSSR count). The van der Waals surface area contributed by atoms with Gasteiger partial charge in [0.1, 0.15) is 10.4 Å². The van der Waals surface area contributed by atoms with Crippen molar-refractivity contribution in [1.82, 2.24) is 14.5 Å². The average Bonchev–Trinajstić information content (AvgIpc) is 2.30. The Hall–Kier alpha value is -0.400. The number of sulfonamides is 1. The number of nitrogens with zero attached hydrogens (tertiary/aromatic N) is 2. The van der Waals surface area contributed by atoms with Crippen LogP contribution in [0.4, 0.5) is 0 Å². The van der Waals surface area contributed by atoms with Crippen molar-refractivity contribution in [1.29, 1.82) is 0 Å². The van der Waals surface area contributed by atoms with Crippen LogP contribution in [0.3, 0.4) is 0 Å². The summed E-state index contributed by atoms with van der Waals surface area (Å²) in [6, 6.07) is 1.68. The van der Waals surface area contributed by atoms with E-state index in [-0.39, 0.29) is 5.75 Å². The number of aromatic nitrogens is 2. The first kappa shape index (κ1) is 10.7.